The molecule has 1 N–H and O–H groups in total. The lowest BCUT2D eigenvalue weighted by Gasteiger charge is -2.25. The van der Waals surface area contributed by atoms with Crippen molar-refractivity contribution in [3.8, 4) is 11.8 Å². The number of hydrogen-bond donors (Lipinski definition) is 1. The molecule has 110 valence electrons. The average molecular weight is 274 g/mol. The summed E-state index contributed by atoms with van der Waals surface area (Å²) in [5.41, 5.74) is 2.43. The van der Waals surface area contributed by atoms with E-state index in [0.717, 1.165) is 24.4 Å². The van der Waals surface area contributed by atoms with Crippen molar-refractivity contribution in [1.82, 2.24) is 0 Å². The predicted octanol–water partition coefficient (Wildman–Crippen LogP) is 4.52. The lowest BCUT2D eigenvalue weighted by Crippen LogP contribution is -2.23. The summed E-state index contributed by atoms with van der Waals surface area (Å²) in [4.78, 5) is 0. The Morgan fingerprint density at radius 2 is 2.05 bits per heavy atom. The molecule has 0 saturated carbocycles. The molecule has 0 spiro atoms. The Morgan fingerprint density at radius 3 is 2.60 bits per heavy atom. The first kappa shape index (κ1) is 16.4. The van der Waals surface area contributed by atoms with Gasteiger partial charge >= 0.3 is 0 Å². The molecule has 1 aromatic rings. The Morgan fingerprint density at radius 1 is 1.35 bits per heavy atom. The third-order valence-corrected chi connectivity index (χ3v) is 3.24. The first-order valence-corrected chi connectivity index (χ1v) is 7.22. The highest BCUT2D eigenvalue weighted by molar-refractivity contribution is 5.53. The van der Waals surface area contributed by atoms with E-state index in [0.29, 0.717) is 6.42 Å². The summed E-state index contributed by atoms with van der Waals surface area (Å²) in [6.07, 6.45) is 1.71. The van der Waals surface area contributed by atoms with Crippen LogP contribution in [0.25, 0.3) is 0 Å². The van der Waals surface area contributed by atoms with Crippen molar-refractivity contribution < 1.29 is 4.74 Å². The van der Waals surface area contributed by atoms with Crippen LogP contribution in [-0.2, 0) is 0 Å². The van der Waals surface area contributed by atoms with Crippen LogP contribution in [0.4, 0.5) is 5.69 Å². The van der Waals surface area contributed by atoms with E-state index < -0.39 is 0 Å². The number of ether oxygens (including phenoxy) is 1. The van der Waals surface area contributed by atoms with Crippen LogP contribution in [0.3, 0.4) is 0 Å². The molecule has 1 aromatic carbocycles. The molecule has 0 amide bonds. The maximum absolute atomic E-state index is 8.68. The molecule has 3 heteroatoms. The van der Waals surface area contributed by atoms with Gasteiger partial charge in [0.2, 0.25) is 0 Å². The van der Waals surface area contributed by atoms with Gasteiger partial charge in [-0.25, -0.2) is 0 Å². The van der Waals surface area contributed by atoms with Crippen LogP contribution in [0.15, 0.2) is 18.2 Å². The summed E-state index contributed by atoms with van der Waals surface area (Å²) in [7, 11) is 0. The van der Waals surface area contributed by atoms with E-state index in [2.05, 4.69) is 44.3 Å². The second-order valence-corrected chi connectivity index (χ2v) is 6.32. The Labute approximate surface area is 123 Å². The second kappa shape index (κ2) is 7.19. The lowest BCUT2D eigenvalue weighted by molar-refractivity contribution is 0.242. The number of hydrogen-bond acceptors (Lipinski definition) is 3. The molecule has 1 rings (SSSR count). The Hall–Kier alpha value is -1.69. The van der Waals surface area contributed by atoms with E-state index in [1.165, 1.54) is 5.56 Å². The minimum absolute atomic E-state index is 0.120. The Kier molecular flexibility index (Phi) is 5.88. The van der Waals surface area contributed by atoms with Gasteiger partial charge in [-0.05, 0) is 56.4 Å². The van der Waals surface area contributed by atoms with Crippen molar-refractivity contribution in [2.24, 2.45) is 5.41 Å². The van der Waals surface area contributed by atoms with Crippen molar-refractivity contribution in [3.05, 3.63) is 23.8 Å². The molecule has 0 heterocycles. The van der Waals surface area contributed by atoms with Gasteiger partial charge in [0.15, 0.2) is 0 Å². The molecule has 20 heavy (non-hydrogen) atoms. The number of aryl methyl sites for hydroxylation is 1. The monoisotopic (exact) mass is 274 g/mol. The van der Waals surface area contributed by atoms with Gasteiger partial charge < -0.3 is 10.1 Å². The summed E-state index contributed by atoms with van der Waals surface area (Å²) in [6.45, 7) is 11.4. The highest BCUT2D eigenvalue weighted by Gasteiger charge is 2.17. The largest absolute Gasteiger partial charge is 0.491 e. The van der Waals surface area contributed by atoms with E-state index in [-0.39, 0.29) is 11.5 Å². The summed E-state index contributed by atoms with van der Waals surface area (Å²) in [5, 5.41) is 12.2. The van der Waals surface area contributed by atoms with Crippen molar-refractivity contribution in [3.63, 3.8) is 0 Å². The zero-order valence-electron chi connectivity index (χ0n) is 13.3. The third kappa shape index (κ3) is 5.52. The molecule has 0 fully saturated rings. The summed E-state index contributed by atoms with van der Waals surface area (Å²) in [6, 6.07) is 8.34. The van der Waals surface area contributed by atoms with Gasteiger partial charge in [0, 0.05) is 18.7 Å². The quantitative estimate of drug-likeness (QED) is 0.794. The Bertz CT molecular complexity index is 472. The molecule has 0 aromatic heterocycles. The fourth-order valence-electron chi connectivity index (χ4n) is 2.00. The van der Waals surface area contributed by atoms with Gasteiger partial charge in [-0.1, -0.05) is 13.8 Å². The van der Waals surface area contributed by atoms with E-state index in [9.17, 15) is 0 Å². The minimum Gasteiger partial charge on any atom is -0.491 e. The van der Waals surface area contributed by atoms with Crippen molar-refractivity contribution >= 4 is 5.69 Å². The standard InChI is InChI=1S/C17H26N2O/c1-13(2)20-15-7-8-16(14(3)11-15)19-12-17(4,5)9-6-10-18/h7-8,11,13,19H,6,9,12H2,1-5H3. The van der Waals surface area contributed by atoms with Gasteiger partial charge in [0.25, 0.3) is 0 Å². The molecule has 0 aliphatic heterocycles. The number of nitriles is 1. The van der Waals surface area contributed by atoms with Crippen molar-refractivity contribution in [1.29, 1.82) is 5.26 Å². The normalized spacial score (nSPS) is 11.2. The average Bonchev–Trinajstić information content (AvgIpc) is 2.35. The highest BCUT2D eigenvalue weighted by atomic mass is 16.5. The van der Waals surface area contributed by atoms with Gasteiger partial charge in [-0.2, -0.15) is 5.26 Å². The fraction of sp³-hybridized carbons (Fsp3) is 0.588. The third-order valence-electron chi connectivity index (χ3n) is 3.24. The zero-order chi connectivity index (χ0) is 15.2. The zero-order valence-corrected chi connectivity index (χ0v) is 13.3. The minimum atomic E-state index is 0.120. The molecule has 0 bridgehead atoms. The molecule has 0 aliphatic rings. The second-order valence-electron chi connectivity index (χ2n) is 6.32. The van der Waals surface area contributed by atoms with Crippen molar-refractivity contribution in [2.75, 3.05) is 11.9 Å². The van der Waals surface area contributed by atoms with Crippen LogP contribution in [0.1, 0.15) is 46.1 Å². The first-order valence-electron chi connectivity index (χ1n) is 7.22. The maximum atomic E-state index is 8.68. The van der Waals surface area contributed by atoms with E-state index >= 15 is 0 Å². The molecular weight excluding hydrogens is 248 g/mol. The number of benzene rings is 1. The van der Waals surface area contributed by atoms with E-state index in [4.69, 9.17) is 10.00 Å². The van der Waals surface area contributed by atoms with Crippen LogP contribution < -0.4 is 10.1 Å². The summed E-state index contributed by atoms with van der Waals surface area (Å²) >= 11 is 0. The van der Waals surface area contributed by atoms with E-state index in [1.54, 1.807) is 0 Å². The number of anilines is 1. The number of rotatable bonds is 7. The molecular formula is C17H26N2O. The van der Waals surface area contributed by atoms with Crippen LogP contribution in [-0.4, -0.2) is 12.6 Å². The highest BCUT2D eigenvalue weighted by Crippen LogP contribution is 2.26. The molecule has 0 atom stereocenters. The number of nitrogens with one attached hydrogen (secondary N) is 1. The Balaban J connectivity index is 2.63. The van der Waals surface area contributed by atoms with Gasteiger partial charge in [-0.3, -0.25) is 0 Å². The summed E-state index contributed by atoms with van der Waals surface area (Å²) in [5.74, 6) is 0.909. The van der Waals surface area contributed by atoms with Crippen LogP contribution >= 0.6 is 0 Å². The summed E-state index contributed by atoms with van der Waals surface area (Å²) < 4.78 is 5.68. The lowest BCUT2D eigenvalue weighted by atomic mass is 9.88. The number of nitrogens with zero attached hydrogens (tertiary/aromatic N) is 1. The van der Waals surface area contributed by atoms with Crippen molar-refractivity contribution in [2.45, 2.75) is 53.6 Å². The van der Waals surface area contributed by atoms with Gasteiger partial charge in [0.05, 0.1) is 12.2 Å². The molecule has 0 aliphatic carbocycles. The smallest absolute Gasteiger partial charge is 0.120 e. The van der Waals surface area contributed by atoms with Gasteiger partial charge in [-0.15, -0.1) is 0 Å². The molecule has 3 nitrogen and oxygen atoms in total. The SMILES string of the molecule is Cc1cc(OC(C)C)ccc1NCC(C)(C)CCC#N. The van der Waals surface area contributed by atoms with Crippen LogP contribution in [0.5, 0.6) is 5.75 Å². The first-order chi connectivity index (χ1) is 9.34. The molecule has 0 radical (unpaired) electrons. The van der Waals surface area contributed by atoms with Gasteiger partial charge in [0.1, 0.15) is 5.75 Å². The fourth-order valence-corrected chi connectivity index (χ4v) is 2.00. The predicted molar refractivity (Wildman–Crippen MR) is 84.1 cm³/mol. The molecule has 0 saturated heterocycles. The van der Waals surface area contributed by atoms with Crippen LogP contribution in [0, 0.1) is 23.7 Å². The maximum Gasteiger partial charge on any atom is 0.120 e. The van der Waals surface area contributed by atoms with Crippen LogP contribution in [0.2, 0.25) is 0 Å². The topological polar surface area (TPSA) is 45.0 Å². The van der Waals surface area contributed by atoms with E-state index in [1.807, 2.05) is 19.9 Å². The molecule has 0 unspecified atom stereocenters.